The van der Waals surface area contributed by atoms with Gasteiger partial charge >= 0.3 is 0 Å². The van der Waals surface area contributed by atoms with Crippen LogP contribution in [0.2, 0.25) is 0 Å². The summed E-state index contributed by atoms with van der Waals surface area (Å²) in [4.78, 5) is 9.63. The first-order valence-corrected chi connectivity index (χ1v) is 8.09. The van der Waals surface area contributed by atoms with E-state index in [-0.39, 0.29) is 0 Å². The molecule has 118 valence electrons. The lowest BCUT2D eigenvalue weighted by atomic mass is 10.2. The molecule has 0 amide bonds. The number of pyridine rings is 1. The Morgan fingerprint density at radius 3 is 2.76 bits per heavy atom. The highest BCUT2D eigenvalue weighted by Crippen LogP contribution is 2.15. The summed E-state index contributed by atoms with van der Waals surface area (Å²) in [6, 6.07) is 7.09. The van der Waals surface area contributed by atoms with Crippen molar-refractivity contribution in [2.45, 2.75) is 39.4 Å². The third-order valence-electron chi connectivity index (χ3n) is 4.09. The van der Waals surface area contributed by atoms with Gasteiger partial charge in [0.15, 0.2) is 0 Å². The van der Waals surface area contributed by atoms with Gasteiger partial charge in [-0.1, -0.05) is 19.9 Å². The van der Waals surface area contributed by atoms with E-state index in [9.17, 15) is 0 Å². The molecule has 1 aromatic rings. The smallest absolute Gasteiger partial charge is 0.0547 e. The second-order valence-corrected chi connectivity index (χ2v) is 6.79. The van der Waals surface area contributed by atoms with Gasteiger partial charge in [0.2, 0.25) is 0 Å². The zero-order valence-corrected chi connectivity index (χ0v) is 14.0. The molecule has 1 aliphatic heterocycles. The van der Waals surface area contributed by atoms with Gasteiger partial charge in [0, 0.05) is 32.2 Å². The monoisotopic (exact) mass is 290 g/mol. The molecule has 0 saturated carbocycles. The van der Waals surface area contributed by atoms with Gasteiger partial charge in [-0.3, -0.25) is 9.88 Å². The van der Waals surface area contributed by atoms with E-state index in [0.29, 0.717) is 12.0 Å². The molecule has 1 aromatic heterocycles. The number of hydrogen-bond acceptors (Lipinski definition) is 4. The quantitative estimate of drug-likeness (QED) is 0.832. The van der Waals surface area contributed by atoms with Crippen LogP contribution >= 0.6 is 0 Å². The summed E-state index contributed by atoms with van der Waals surface area (Å²) in [6.07, 6.45) is 1.27. The molecule has 0 radical (unpaired) electrons. The summed E-state index contributed by atoms with van der Waals surface area (Å²) < 4.78 is 0. The van der Waals surface area contributed by atoms with E-state index < -0.39 is 0 Å². The summed E-state index contributed by atoms with van der Waals surface area (Å²) in [5.74, 6) is 0.681. The number of aromatic nitrogens is 1. The van der Waals surface area contributed by atoms with E-state index in [2.05, 4.69) is 61.3 Å². The molecule has 1 aliphatic rings. The van der Waals surface area contributed by atoms with Gasteiger partial charge in [-0.15, -0.1) is 0 Å². The molecule has 21 heavy (non-hydrogen) atoms. The summed E-state index contributed by atoms with van der Waals surface area (Å²) >= 11 is 0. The molecule has 0 bridgehead atoms. The number of nitrogens with zero attached hydrogens (tertiary/aromatic N) is 3. The number of likely N-dealkylation sites (N-methyl/N-ethyl adjacent to an activating group) is 1. The summed E-state index contributed by atoms with van der Waals surface area (Å²) in [7, 11) is 4.35. The Balaban J connectivity index is 1.84. The average Bonchev–Trinajstić information content (AvgIpc) is 2.87. The van der Waals surface area contributed by atoms with Crippen LogP contribution in [-0.2, 0) is 13.1 Å². The normalized spacial score (nSPS) is 19.8. The zero-order valence-electron chi connectivity index (χ0n) is 14.0. The van der Waals surface area contributed by atoms with E-state index >= 15 is 0 Å². The molecule has 4 nitrogen and oxygen atoms in total. The van der Waals surface area contributed by atoms with Crippen molar-refractivity contribution in [3.63, 3.8) is 0 Å². The molecule has 1 fully saturated rings. The standard InChI is InChI=1S/C17H30N4/c1-14(2)10-18-11-15-6-5-7-16(19-15)12-21-9-8-17(13-21)20(3)4/h5-7,14,17-18H,8-13H2,1-4H3. The van der Waals surface area contributed by atoms with Gasteiger partial charge < -0.3 is 10.2 Å². The van der Waals surface area contributed by atoms with Crippen LogP contribution < -0.4 is 5.32 Å². The Kier molecular flexibility index (Phi) is 6.15. The topological polar surface area (TPSA) is 31.4 Å². The fourth-order valence-electron chi connectivity index (χ4n) is 2.81. The first kappa shape index (κ1) is 16.4. The van der Waals surface area contributed by atoms with Crippen molar-refractivity contribution >= 4 is 0 Å². The molecule has 4 heteroatoms. The summed E-state index contributed by atoms with van der Waals surface area (Å²) in [6.45, 7) is 9.68. The SMILES string of the molecule is CC(C)CNCc1cccc(CN2CCC(N(C)C)C2)n1. The van der Waals surface area contributed by atoms with E-state index in [0.717, 1.165) is 31.9 Å². The Bertz CT molecular complexity index is 431. The van der Waals surface area contributed by atoms with Crippen molar-refractivity contribution in [1.29, 1.82) is 0 Å². The van der Waals surface area contributed by atoms with Crippen molar-refractivity contribution in [2.24, 2.45) is 5.92 Å². The Labute approximate surface area is 129 Å². The molecule has 0 aliphatic carbocycles. The Morgan fingerprint density at radius 1 is 1.33 bits per heavy atom. The van der Waals surface area contributed by atoms with Crippen LogP contribution in [0.15, 0.2) is 18.2 Å². The first-order valence-electron chi connectivity index (χ1n) is 8.09. The van der Waals surface area contributed by atoms with Crippen LogP contribution in [-0.4, -0.2) is 54.6 Å². The molecule has 2 heterocycles. The van der Waals surface area contributed by atoms with Crippen LogP contribution in [0.4, 0.5) is 0 Å². The second-order valence-electron chi connectivity index (χ2n) is 6.79. The molecular weight excluding hydrogens is 260 g/mol. The second kappa shape index (κ2) is 7.87. The van der Waals surface area contributed by atoms with Crippen LogP contribution in [0, 0.1) is 5.92 Å². The van der Waals surface area contributed by atoms with Crippen molar-refractivity contribution in [3.8, 4) is 0 Å². The molecular formula is C17H30N4. The van der Waals surface area contributed by atoms with Crippen molar-refractivity contribution in [2.75, 3.05) is 33.7 Å². The van der Waals surface area contributed by atoms with Crippen LogP contribution in [0.3, 0.4) is 0 Å². The van der Waals surface area contributed by atoms with Crippen LogP contribution in [0.5, 0.6) is 0 Å². The van der Waals surface area contributed by atoms with Gasteiger partial charge in [-0.25, -0.2) is 0 Å². The fourth-order valence-corrected chi connectivity index (χ4v) is 2.81. The highest BCUT2D eigenvalue weighted by Gasteiger charge is 2.23. The Hall–Kier alpha value is -0.970. The minimum atomic E-state index is 0.681. The predicted molar refractivity (Wildman–Crippen MR) is 88.2 cm³/mol. The van der Waals surface area contributed by atoms with Gasteiger partial charge in [0.05, 0.1) is 11.4 Å². The van der Waals surface area contributed by atoms with Crippen molar-refractivity contribution in [1.82, 2.24) is 20.1 Å². The molecule has 1 saturated heterocycles. The number of hydrogen-bond donors (Lipinski definition) is 1. The summed E-state index contributed by atoms with van der Waals surface area (Å²) in [5, 5.41) is 3.46. The number of likely N-dealkylation sites (tertiary alicyclic amines) is 1. The molecule has 0 aromatic carbocycles. The Morgan fingerprint density at radius 2 is 2.10 bits per heavy atom. The van der Waals surface area contributed by atoms with E-state index in [1.54, 1.807) is 0 Å². The fraction of sp³-hybridized carbons (Fsp3) is 0.706. The van der Waals surface area contributed by atoms with E-state index in [4.69, 9.17) is 4.98 Å². The first-order chi connectivity index (χ1) is 10.0. The summed E-state index contributed by atoms with van der Waals surface area (Å²) in [5.41, 5.74) is 2.34. The molecule has 1 unspecified atom stereocenters. The van der Waals surface area contributed by atoms with Crippen molar-refractivity contribution in [3.05, 3.63) is 29.6 Å². The number of nitrogens with one attached hydrogen (secondary N) is 1. The molecule has 1 atom stereocenters. The van der Waals surface area contributed by atoms with Crippen LogP contribution in [0.25, 0.3) is 0 Å². The lowest BCUT2D eigenvalue weighted by molar-refractivity contribution is 0.263. The maximum absolute atomic E-state index is 4.79. The van der Waals surface area contributed by atoms with E-state index in [1.807, 2.05) is 0 Å². The van der Waals surface area contributed by atoms with Gasteiger partial charge in [0.25, 0.3) is 0 Å². The highest BCUT2D eigenvalue weighted by atomic mass is 15.2. The third kappa shape index (κ3) is 5.38. The minimum Gasteiger partial charge on any atom is -0.311 e. The maximum atomic E-state index is 4.79. The minimum absolute atomic E-state index is 0.681. The zero-order chi connectivity index (χ0) is 15.2. The molecule has 2 rings (SSSR count). The molecule has 0 spiro atoms. The van der Waals surface area contributed by atoms with Crippen molar-refractivity contribution < 1.29 is 0 Å². The number of rotatable bonds is 7. The largest absolute Gasteiger partial charge is 0.311 e. The lowest BCUT2D eigenvalue weighted by Gasteiger charge is -2.20. The lowest BCUT2D eigenvalue weighted by Crippen LogP contribution is -2.31. The van der Waals surface area contributed by atoms with Gasteiger partial charge in [0.1, 0.15) is 0 Å². The van der Waals surface area contributed by atoms with Gasteiger partial charge in [-0.05, 0) is 45.1 Å². The van der Waals surface area contributed by atoms with Crippen LogP contribution in [0.1, 0.15) is 31.7 Å². The van der Waals surface area contributed by atoms with E-state index in [1.165, 1.54) is 18.7 Å². The highest BCUT2D eigenvalue weighted by molar-refractivity contribution is 5.11. The third-order valence-corrected chi connectivity index (χ3v) is 4.09. The maximum Gasteiger partial charge on any atom is 0.0547 e. The predicted octanol–water partition coefficient (Wildman–Crippen LogP) is 1.96. The van der Waals surface area contributed by atoms with Gasteiger partial charge in [-0.2, -0.15) is 0 Å². The molecule has 1 N–H and O–H groups in total. The average molecular weight is 290 g/mol.